The normalized spacial score (nSPS) is 11.6. The summed E-state index contributed by atoms with van der Waals surface area (Å²) in [7, 11) is 0. The number of fused-ring (bicyclic) bond motifs is 6. The molecule has 0 bridgehead atoms. The average molecular weight is 732 g/mol. The van der Waals surface area contributed by atoms with E-state index in [1.807, 2.05) is 17.4 Å². The lowest BCUT2D eigenvalue weighted by molar-refractivity contribution is 1.18. The highest BCUT2D eigenvalue weighted by Gasteiger charge is 2.20. The molecule has 4 heteroatoms. The standard InChI is InChI=1S/C52H33N3S/c1-4-14-34(15-5-1)37-20-12-21-39(30-37)46-33-45(36-18-8-3-9-19-36)53-52(54-46)42-23-13-25-48-51(42)41-22-10-11-24-47(41)55(48)40-27-29-50-44(32-40)43-31-38(26-28-49(43)56-50)35-16-6-2-7-17-35/h1-33H. The molecule has 56 heavy (non-hydrogen) atoms. The van der Waals surface area contributed by atoms with Gasteiger partial charge in [-0.1, -0.05) is 146 Å². The van der Waals surface area contributed by atoms with E-state index in [1.165, 1.54) is 42.2 Å². The fraction of sp³-hybridized carbons (Fsp3) is 0. The highest BCUT2D eigenvalue weighted by molar-refractivity contribution is 7.25. The van der Waals surface area contributed by atoms with E-state index in [0.717, 1.165) is 55.7 Å². The second-order valence-corrected chi connectivity index (χ2v) is 15.3. The van der Waals surface area contributed by atoms with E-state index in [-0.39, 0.29) is 0 Å². The van der Waals surface area contributed by atoms with Gasteiger partial charge < -0.3 is 4.57 Å². The van der Waals surface area contributed by atoms with Crippen LogP contribution in [0.1, 0.15) is 0 Å². The highest BCUT2D eigenvalue weighted by Crippen LogP contribution is 2.42. The van der Waals surface area contributed by atoms with E-state index in [2.05, 4.69) is 199 Å². The van der Waals surface area contributed by atoms with Crippen molar-refractivity contribution < 1.29 is 0 Å². The summed E-state index contributed by atoms with van der Waals surface area (Å²) in [6.07, 6.45) is 0. The Hall–Kier alpha value is -7.14. The van der Waals surface area contributed by atoms with Gasteiger partial charge in [-0.15, -0.1) is 11.3 Å². The average Bonchev–Trinajstić information content (AvgIpc) is 3.82. The van der Waals surface area contributed by atoms with Crippen molar-refractivity contribution in [3.8, 4) is 61.8 Å². The molecule has 0 amide bonds. The lowest BCUT2D eigenvalue weighted by Gasteiger charge is -2.12. The van der Waals surface area contributed by atoms with Gasteiger partial charge in [0.15, 0.2) is 5.82 Å². The topological polar surface area (TPSA) is 30.7 Å². The minimum atomic E-state index is 0.702. The van der Waals surface area contributed by atoms with E-state index in [4.69, 9.17) is 9.97 Å². The summed E-state index contributed by atoms with van der Waals surface area (Å²) in [5.74, 6) is 0.702. The number of thiophene rings is 1. The van der Waals surface area contributed by atoms with Crippen molar-refractivity contribution in [1.29, 1.82) is 0 Å². The van der Waals surface area contributed by atoms with Gasteiger partial charge in [0.2, 0.25) is 0 Å². The Bertz CT molecular complexity index is 3240. The van der Waals surface area contributed by atoms with Crippen LogP contribution in [0.5, 0.6) is 0 Å². The van der Waals surface area contributed by atoms with E-state index in [0.29, 0.717) is 5.82 Å². The number of hydrogen-bond donors (Lipinski definition) is 0. The number of para-hydroxylation sites is 1. The summed E-state index contributed by atoms with van der Waals surface area (Å²) in [6.45, 7) is 0. The van der Waals surface area contributed by atoms with Gasteiger partial charge >= 0.3 is 0 Å². The Morgan fingerprint density at radius 2 is 0.911 bits per heavy atom. The van der Waals surface area contributed by atoms with Crippen LogP contribution in [0.3, 0.4) is 0 Å². The van der Waals surface area contributed by atoms with E-state index < -0.39 is 0 Å². The third-order valence-corrected chi connectivity index (χ3v) is 12.0. The lowest BCUT2D eigenvalue weighted by atomic mass is 10.00. The minimum absolute atomic E-state index is 0.702. The summed E-state index contributed by atoms with van der Waals surface area (Å²) in [5, 5.41) is 4.85. The van der Waals surface area contributed by atoms with Gasteiger partial charge in [0.05, 0.1) is 22.4 Å². The zero-order valence-corrected chi connectivity index (χ0v) is 31.1. The Balaban J connectivity index is 1.12. The first-order valence-electron chi connectivity index (χ1n) is 18.9. The van der Waals surface area contributed by atoms with Crippen molar-refractivity contribution in [1.82, 2.24) is 14.5 Å². The summed E-state index contributed by atoms with van der Waals surface area (Å²) in [4.78, 5) is 10.7. The molecule has 0 spiro atoms. The highest BCUT2D eigenvalue weighted by atomic mass is 32.1. The van der Waals surface area contributed by atoms with E-state index in [1.54, 1.807) is 0 Å². The quantitative estimate of drug-likeness (QED) is 0.170. The van der Waals surface area contributed by atoms with Crippen molar-refractivity contribution >= 4 is 53.3 Å². The Labute approximate surface area is 328 Å². The van der Waals surface area contributed by atoms with Crippen LogP contribution >= 0.6 is 11.3 Å². The Kier molecular flexibility index (Phi) is 7.68. The number of nitrogens with zero attached hydrogens (tertiary/aromatic N) is 3. The van der Waals surface area contributed by atoms with Crippen LogP contribution in [0, 0.1) is 0 Å². The van der Waals surface area contributed by atoms with Crippen LogP contribution in [0.25, 0.3) is 104 Å². The molecule has 0 atom stereocenters. The minimum Gasteiger partial charge on any atom is -0.309 e. The van der Waals surface area contributed by atoms with E-state index in [9.17, 15) is 0 Å². The van der Waals surface area contributed by atoms with Gasteiger partial charge in [-0.25, -0.2) is 9.97 Å². The molecule has 0 aliphatic rings. The van der Waals surface area contributed by atoms with Gasteiger partial charge in [0, 0.05) is 53.3 Å². The molecule has 11 rings (SSSR count). The molecule has 3 heterocycles. The largest absolute Gasteiger partial charge is 0.309 e. The smallest absolute Gasteiger partial charge is 0.161 e. The molecule has 0 radical (unpaired) electrons. The molecule has 8 aromatic carbocycles. The maximum Gasteiger partial charge on any atom is 0.161 e. The molecule has 0 N–H and O–H groups in total. The maximum atomic E-state index is 5.36. The molecule has 0 fully saturated rings. The summed E-state index contributed by atoms with van der Waals surface area (Å²) in [5.41, 5.74) is 13.1. The summed E-state index contributed by atoms with van der Waals surface area (Å²) < 4.78 is 4.98. The van der Waals surface area contributed by atoms with E-state index >= 15 is 0 Å². The van der Waals surface area contributed by atoms with Crippen molar-refractivity contribution in [3.63, 3.8) is 0 Å². The number of aromatic nitrogens is 3. The third-order valence-electron chi connectivity index (χ3n) is 10.8. The van der Waals surface area contributed by atoms with Crippen molar-refractivity contribution in [2.75, 3.05) is 0 Å². The predicted molar refractivity (Wildman–Crippen MR) is 236 cm³/mol. The summed E-state index contributed by atoms with van der Waals surface area (Å²) in [6, 6.07) is 71.4. The molecule has 0 saturated heterocycles. The monoisotopic (exact) mass is 731 g/mol. The molecule has 11 aromatic rings. The second kappa shape index (κ2) is 13.3. The zero-order chi connectivity index (χ0) is 37.0. The molecule has 0 unspecified atom stereocenters. The maximum absolute atomic E-state index is 5.36. The first-order valence-corrected chi connectivity index (χ1v) is 19.7. The Morgan fingerprint density at radius 3 is 1.66 bits per heavy atom. The molecule has 0 aliphatic heterocycles. The van der Waals surface area contributed by atoms with Crippen molar-refractivity contribution in [2.45, 2.75) is 0 Å². The SMILES string of the molecule is c1ccc(-c2cccc(-c3cc(-c4ccccc4)nc(-c4cccc5c4c4ccccc4n5-c4ccc5sc6ccc(-c7ccccc7)cc6c5c4)n3)c2)cc1. The first-order chi connectivity index (χ1) is 27.7. The number of rotatable bonds is 6. The molecule has 3 nitrogen and oxygen atoms in total. The summed E-state index contributed by atoms with van der Waals surface area (Å²) >= 11 is 1.85. The second-order valence-electron chi connectivity index (χ2n) is 14.2. The van der Waals surface area contributed by atoms with Crippen molar-refractivity contribution in [2.24, 2.45) is 0 Å². The Morgan fingerprint density at radius 1 is 0.357 bits per heavy atom. The van der Waals surface area contributed by atoms with Gasteiger partial charge in [-0.2, -0.15) is 0 Å². The first kappa shape index (κ1) is 32.3. The molecule has 0 saturated carbocycles. The molecule has 0 aliphatic carbocycles. The van der Waals surface area contributed by atoms with Gasteiger partial charge in [-0.3, -0.25) is 0 Å². The van der Waals surface area contributed by atoms with Crippen LogP contribution < -0.4 is 0 Å². The van der Waals surface area contributed by atoms with Gasteiger partial charge in [0.1, 0.15) is 0 Å². The van der Waals surface area contributed by atoms with Crippen LogP contribution in [-0.4, -0.2) is 14.5 Å². The third kappa shape index (κ3) is 5.50. The van der Waals surface area contributed by atoms with Gasteiger partial charge in [-0.05, 0) is 76.9 Å². The fourth-order valence-corrected chi connectivity index (χ4v) is 9.23. The predicted octanol–water partition coefficient (Wildman–Crippen LogP) is 14.3. The van der Waals surface area contributed by atoms with Gasteiger partial charge in [0.25, 0.3) is 0 Å². The molecular formula is C52H33N3S. The fourth-order valence-electron chi connectivity index (χ4n) is 8.16. The molecule has 262 valence electrons. The zero-order valence-electron chi connectivity index (χ0n) is 30.3. The van der Waals surface area contributed by atoms with Crippen molar-refractivity contribution in [3.05, 3.63) is 200 Å². The number of hydrogen-bond acceptors (Lipinski definition) is 3. The molecule has 3 aromatic heterocycles. The van der Waals surface area contributed by atoms with Crippen LogP contribution in [0.4, 0.5) is 0 Å². The lowest BCUT2D eigenvalue weighted by Crippen LogP contribution is -1.97. The van der Waals surface area contributed by atoms with Crippen LogP contribution in [0.2, 0.25) is 0 Å². The van der Waals surface area contributed by atoms with Crippen LogP contribution in [0.15, 0.2) is 200 Å². The molecular weight excluding hydrogens is 699 g/mol. The number of benzene rings is 8. The van der Waals surface area contributed by atoms with Crippen LogP contribution in [-0.2, 0) is 0 Å².